The van der Waals surface area contributed by atoms with Crippen LogP contribution < -0.4 is 20.8 Å². The molecular formula is C53H66N10O7. The number of pyridine rings is 2. The van der Waals surface area contributed by atoms with E-state index in [1.165, 1.54) is 12.4 Å². The molecule has 3 aromatic carbocycles. The first-order valence-electron chi connectivity index (χ1n) is 24.1. The number of aryl methyl sites for hydroxylation is 1. The lowest BCUT2D eigenvalue weighted by atomic mass is 9.86. The van der Waals surface area contributed by atoms with Crippen LogP contribution in [0.2, 0.25) is 0 Å². The Morgan fingerprint density at radius 3 is 2.11 bits per heavy atom. The molecule has 6 rings (SSSR count). The number of unbranched alkanes of at least 4 members (excludes halogenated alkanes) is 2. The fourth-order valence-corrected chi connectivity index (χ4v) is 7.35. The lowest BCUT2D eigenvalue weighted by Gasteiger charge is -2.23. The summed E-state index contributed by atoms with van der Waals surface area (Å²) in [6.45, 7) is 9.36. The molecule has 17 nitrogen and oxygen atoms in total. The van der Waals surface area contributed by atoms with Crippen molar-refractivity contribution < 1.29 is 33.6 Å². The second kappa shape index (κ2) is 29.1. The monoisotopic (exact) mass is 955 g/mol. The number of hydrazone groups is 1. The number of nitrogens with zero attached hydrogens (tertiary/aromatic N) is 7. The highest BCUT2D eigenvalue weighted by Crippen LogP contribution is 2.30. The van der Waals surface area contributed by atoms with Gasteiger partial charge in [-0.05, 0) is 96.8 Å². The number of hydrogen-bond donors (Lipinski definition) is 4. The van der Waals surface area contributed by atoms with Gasteiger partial charge in [-0.2, -0.15) is 5.10 Å². The molecule has 0 aliphatic rings. The number of ether oxygens (including phenoxy) is 4. The normalized spacial score (nSPS) is 11.5. The van der Waals surface area contributed by atoms with E-state index in [4.69, 9.17) is 23.9 Å². The molecule has 17 heteroatoms. The van der Waals surface area contributed by atoms with Gasteiger partial charge in [0.1, 0.15) is 11.6 Å². The number of carbonyl (C=O) groups is 2. The molecule has 0 aliphatic carbocycles. The number of phenolic OH excluding ortho intramolecular Hbond substituents is 1. The molecule has 3 aromatic heterocycles. The van der Waals surface area contributed by atoms with Crippen LogP contribution in [0.25, 0.3) is 22.4 Å². The van der Waals surface area contributed by atoms with Gasteiger partial charge in [0.2, 0.25) is 11.8 Å². The molecule has 370 valence electrons. The highest BCUT2D eigenvalue weighted by molar-refractivity contribution is 5.94. The van der Waals surface area contributed by atoms with Gasteiger partial charge in [-0.1, -0.05) is 86.6 Å². The van der Waals surface area contributed by atoms with Crippen LogP contribution in [-0.4, -0.2) is 113 Å². The summed E-state index contributed by atoms with van der Waals surface area (Å²) in [5.41, 5.74) is 7.65. The number of aromatic hydroxyl groups is 1. The lowest BCUT2D eigenvalue weighted by Crippen LogP contribution is -2.25. The Morgan fingerprint density at radius 1 is 0.714 bits per heavy atom. The molecule has 2 amide bonds. The maximum atomic E-state index is 12.5. The zero-order chi connectivity index (χ0) is 49.1. The van der Waals surface area contributed by atoms with Gasteiger partial charge in [0.05, 0.1) is 50.5 Å². The largest absolute Gasteiger partial charge is 0.507 e. The van der Waals surface area contributed by atoms with Crippen molar-refractivity contribution >= 4 is 23.8 Å². The van der Waals surface area contributed by atoms with Gasteiger partial charge in [-0.3, -0.25) is 15.0 Å². The zero-order valence-corrected chi connectivity index (χ0v) is 40.3. The van der Waals surface area contributed by atoms with Crippen LogP contribution in [0.3, 0.4) is 0 Å². The molecule has 0 spiro atoms. The SMILES string of the molecule is CC(C)(CCCCOc1cc(-c2ccccc2)cc(-c2ccccc2)n1)c1nnnn1CCCCC(=O)NCCCOCCOCCOCCCNC(=O)c1ccc(N/N=C/c2ccccc2O)nc1. The van der Waals surface area contributed by atoms with Crippen LogP contribution in [-0.2, 0) is 31.0 Å². The molecule has 4 N–H and O–H groups in total. The summed E-state index contributed by atoms with van der Waals surface area (Å²) in [6.07, 6.45) is 8.97. The summed E-state index contributed by atoms with van der Waals surface area (Å²) in [7, 11) is 0. The smallest absolute Gasteiger partial charge is 0.252 e. The number of hydrogen-bond acceptors (Lipinski definition) is 14. The van der Waals surface area contributed by atoms with Crippen molar-refractivity contribution in [3.8, 4) is 34.0 Å². The first-order valence-corrected chi connectivity index (χ1v) is 24.1. The summed E-state index contributed by atoms with van der Waals surface area (Å²) in [5.74, 6) is 1.85. The summed E-state index contributed by atoms with van der Waals surface area (Å²) >= 11 is 0. The van der Waals surface area contributed by atoms with E-state index in [9.17, 15) is 14.7 Å². The van der Waals surface area contributed by atoms with Crippen LogP contribution in [0, 0.1) is 0 Å². The summed E-state index contributed by atoms with van der Waals surface area (Å²) < 4.78 is 24.9. The van der Waals surface area contributed by atoms with E-state index >= 15 is 0 Å². The fraction of sp³-hybridized carbons (Fsp3) is 0.396. The Hall–Kier alpha value is -7.08. The van der Waals surface area contributed by atoms with Crippen LogP contribution in [0.1, 0.15) is 87.0 Å². The van der Waals surface area contributed by atoms with E-state index in [1.807, 2.05) is 47.1 Å². The molecule has 0 unspecified atom stereocenters. The number of amides is 2. The molecule has 0 fully saturated rings. The van der Waals surface area contributed by atoms with E-state index in [1.54, 1.807) is 36.4 Å². The fourth-order valence-electron chi connectivity index (χ4n) is 7.35. The molecule has 0 bridgehead atoms. The molecule has 0 aliphatic heterocycles. The quantitative estimate of drug-likeness (QED) is 0.0180. The van der Waals surface area contributed by atoms with Crippen LogP contribution in [0.15, 0.2) is 120 Å². The number of tetrazole rings is 1. The average molecular weight is 955 g/mol. The molecule has 0 saturated heterocycles. The second-order valence-corrected chi connectivity index (χ2v) is 17.2. The summed E-state index contributed by atoms with van der Waals surface area (Å²) in [6, 6.07) is 34.7. The number of nitrogens with one attached hydrogen (secondary N) is 3. The molecule has 0 radical (unpaired) electrons. The number of rotatable bonds is 32. The third-order valence-corrected chi connectivity index (χ3v) is 11.2. The van der Waals surface area contributed by atoms with E-state index in [0.717, 1.165) is 60.3 Å². The Labute approximate surface area is 410 Å². The van der Waals surface area contributed by atoms with E-state index in [0.29, 0.717) is 108 Å². The number of aromatic nitrogens is 6. The first-order chi connectivity index (χ1) is 34.2. The Balaban J connectivity index is 0.729. The van der Waals surface area contributed by atoms with Crippen molar-refractivity contribution in [3.63, 3.8) is 0 Å². The average Bonchev–Trinajstić information content (AvgIpc) is 3.87. The van der Waals surface area contributed by atoms with Gasteiger partial charge in [0.25, 0.3) is 5.91 Å². The van der Waals surface area contributed by atoms with Crippen LogP contribution >= 0.6 is 0 Å². The first kappa shape index (κ1) is 52.3. The van der Waals surface area contributed by atoms with Gasteiger partial charge >= 0.3 is 0 Å². The van der Waals surface area contributed by atoms with Crippen LogP contribution in [0.4, 0.5) is 5.82 Å². The second-order valence-electron chi connectivity index (χ2n) is 17.2. The van der Waals surface area contributed by atoms with Crippen molar-refractivity contribution in [2.24, 2.45) is 5.10 Å². The Bertz CT molecular complexity index is 2430. The topological polar surface area (TPSA) is 209 Å². The van der Waals surface area contributed by atoms with Crippen molar-refractivity contribution in [2.75, 3.05) is 64.8 Å². The predicted molar refractivity (Wildman–Crippen MR) is 270 cm³/mol. The van der Waals surface area contributed by atoms with E-state index < -0.39 is 0 Å². The Morgan fingerprint density at radius 2 is 1.40 bits per heavy atom. The maximum Gasteiger partial charge on any atom is 0.252 e. The Kier molecular flexibility index (Phi) is 21.7. The van der Waals surface area contributed by atoms with Gasteiger partial charge in [-0.25, -0.2) is 14.6 Å². The minimum atomic E-state index is -0.234. The lowest BCUT2D eigenvalue weighted by molar-refractivity contribution is -0.121. The van der Waals surface area contributed by atoms with Crippen LogP contribution in [0.5, 0.6) is 11.6 Å². The van der Waals surface area contributed by atoms with E-state index in [-0.39, 0.29) is 23.0 Å². The van der Waals surface area contributed by atoms with Gasteiger partial charge in [-0.15, -0.1) is 5.10 Å². The zero-order valence-electron chi connectivity index (χ0n) is 40.3. The maximum absolute atomic E-state index is 12.5. The van der Waals surface area contributed by atoms with Gasteiger partial charge in [0, 0.05) is 68.1 Å². The summed E-state index contributed by atoms with van der Waals surface area (Å²) in [5, 5.41) is 32.3. The highest BCUT2D eigenvalue weighted by Gasteiger charge is 2.27. The van der Waals surface area contributed by atoms with Crippen molar-refractivity contribution in [3.05, 3.63) is 132 Å². The molecule has 70 heavy (non-hydrogen) atoms. The molecule has 0 atom stereocenters. The van der Waals surface area contributed by atoms with Crippen molar-refractivity contribution in [1.82, 2.24) is 40.8 Å². The highest BCUT2D eigenvalue weighted by atomic mass is 16.5. The number of anilines is 1. The molecule has 0 saturated carbocycles. The number of para-hydroxylation sites is 1. The van der Waals surface area contributed by atoms with Crippen molar-refractivity contribution in [2.45, 2.75) is 77.2 Å². The number of phenols is 1. The van der Waals surface area contributed by atoms with Gasteiger partial charge < -0.3 is 34.7 Å². The minimum absolute atomic E-state index is 0.0224. The van der Waals surface area contributed by atoms with Crippen molar-refractivity contribution in [1.29, 1.82) is 0 Å². The third kappa shape index (κ3) is 18.1. The van der Waals surface area contributed by atoms with Gasteiger partial charge in [0.15, 0.2) is 5.82 Å². The summed E-state index contributed by atoms with van der Waals surface area (Å²) in [4.78, 5) is 33.9. The number of carbonyl (C=O) groups excluding carboxylic acids is 2. The predicted octanol–water partition coefficient (Wildman–Crippen LogP) is 8.02. The standard InChI is InChI=1S/C53H66N10O7/c1-53(2,26-12-14-32-70-50-38-45(41-17-5-3-6-18-41)37-46(58-50)42-19-7-4-8-20-42)52-60-61-62-63(52)29-13-11-23-49(65)54-27-15-30-67-33-35-69-36-34-68-31-16-28-55-51(66)44-24-25-48(56-39-44)59-57-40-43-21-9-10-22-47(43)64/h3-10,17-22,24-25,37-40,64H,11-16,23,26-36H2,1-2H3,(H,54,65)(H,55,66)(H,56,59)/b57-40+. The number of benzene rings is 3. The molecule has 6 aromatic rings. The third-order valence-electron chi connectivity index (χ3n) is 11.2. The van der Waals surface area contributed by atoms with E-state index in [2.05, 4.69) is 85.8 Å². The minimum Gasteiger partial charge on any atom is -0.507 e. The molecule has 3 heterocycles. The molecular weight excluding hydrogens is 889 g/mol.